The number of aromatic nitrogens is 2. The fourth-order valence-corrected chi connectivity index (χ4v) is 0.956. The molecule has 0 saturated heterocycles. The van der Waals surface area contributed by atoms with E-state index in [0.717, 1.165) is 4.68 Å². The van der Waals surface area contributed by atoms with Gasteiger partial charge in [-0.15, -0.1) is 0 Å². The largest absolute Gasteiger partial charge is 0.480 e. The van der Waals surface area contributed by atoms with E-state index in [-0.39, 0.29) is 11.3 Å². The quantitative estimate of drug-likeness (QED) is 0.685. The molecule has 1 amide bonds. The molecule has 7 heteroatoms. The summed E-state index contributed by atoms with van der Waals surface area (Å²) in [6.45, 7) is 1.34. The molecule has 1 aromatic rings. The smallest absolute Gasteiger partial charge is 0.325 e. The van der Waals surface area contributed by atoms with Gasteiger partial charge in [0.25, 0.3) is 11.5 Å². The van der Waals surface area contributed by atoms with Gasteiger partial charge < -0.3 is 10.4 Å². The van der Waals surface area contributed by atoms with Crippen LogP contribution in [0.25, 0.3) is 0 Å². The summed E-state index contributed by atoms with van der Waals surface area (Å²) < 4.78 is 1.00. The predicted octanol–water partition coefficient (Wildman–Crippen LogP) is -1.02. The Morgan fingerprint density at radius 2 is 2.12 bits per heavy atom. The number of aliphatic carboxylic acids is 1. The first-order valence-corrected chi connectivity index (χ1v) is 4.50. The first-order valence-electron chi connectivity index (χ1n) is 4.50. The highest BCUT2D eigenvalue weighted by atomic mass is 16.4. The number of carboxylic acids is 1. The number of carbonyl (C=O) groups is 2. The van der Waals surface area contributed by atoms with Crippen molar-refractivity contribution in [2.75, 3.05) is 0 Å². The lowest BCUT2D eigenvalue weighted by molar-refractivity contribution is -0.138. The highest BCUT2D eigenvalue weighted by Crippen LogP contribution is 1.92. The van der Waals surface area contributed by atoms with Crippen molar-refractivity contribution in [1.82, 2.24) is 15.1 Å². The molecule has 0 spiro atoms. The fraction of sp³-hybridized carbons (Fsp3) is 0.333. The third kappa shape index (κ3) is 2.66. The molecule has 16 heavy (non-hydrogen) atoms. The van der Waals surface area contributed by atoms with Gasteiger partial charge in [-0.3, -0.25) is 14.4 Å². The zero-order valence-corrected chi connectivity index (χ0v) is 8.80. The summed E-state index contributed by atoms with van der Waals surface area (Å²) in [6, 6.07) is 1.42. The van der Waals surface area contributed by atoms with Crippen molar-refractivity contribution in [2.24, 2.45) is 7.05 Å². The van der Waals surface area contributed by atoms with E-state index in [1.807, 2.05) is 0 Å². The molecule has 0 aliphatic heterocycles. The van der Waals surface area contributed by atoms with Crippen molar-refractivity contribution in [2.45, 2.75) is 13.0 Å². The lowest BCUT2D eigenvalue weighted by Gasteiger charge is -2.08. The number of nitrogens with zero attached hydrogens (tertiary/aromatic N) is 2. The number of rotatable bonds is 3. The number of hydrogen-bond donors (Lipinski definition) is 2. The van der Waals surface area contributed by atoms with Crippen LogP contribution >= 0.6 is 0 Å². The van der Waals surface area contributed by atoms with E-state index in [1.165, 1.54) is 26.1 Å². The van der Waals surface area contributed by atoms with Crippen LogP contribution in [-0.2, 0) is 11.8 Å². The van der Waals surface area contributed by atoms with Gasteiger partial charge in [0.2, 0.25) is 0 Å². The molecule has 0 bridgehead atoms. The molecule has 0 aromatic carbocycles. The molecule has 0 saturated carbocycles. The van der Waals surface area contributed by atoms with Crippen molar-refractivity contribution in [3.05, 3.63) is 28.2 Å². The molecule has 0 aliphatic carbocycles. The topological polar surface area (TPSA) is 101 Å². The van der Waals surface area contributed by atoms with Gasteiger partial charge in [0.05, 0.1) is 0 Å². The Morgan fingerprint density at radius 3 is 2.62 bits per heavy atom. The van der Waals surface area contributed by atoms with Crippen LogP contribution in [0, 0.1) is 0 Å². The molecule has 7 nitrogen and oxygen atoms in total. The second-order valence-electron chi connectivity index (χ2n) is 3.21. The summed E-state index contributed by atoms with van der Waals surface area (Å²) in [4.78, 5) is 33.0. The van der Waals surface area contributed by atoms with Crippen LogP contribution < -0.4 is 10.9 Å². The van der Waals surface area contributed by atoms with Crippen molar-refractivity contribution >= 4 is 11.9 Å². The summed E-state index contributed by atoms with van der Waals surface area (Å²) in [7, 11) is 1.40. The second kappa shape index (κ2) is 4.56. The first kappa shape index (κ1) is 11.9. The van der Waals surface area contributed by atoms with Gasteiger partial charge in [0.1, 0.15) is 11.7 Å². The number of nitrogens with one attached hydrogen (secondary N) is 1. The van der Waals surface area contributed by atoms with Crippen LogP contribution in [0.2, 0.25) is 0 Å². The van der Waals surface area contributed by atoms with Crippen molar-refractivity contribution in [1.29, 1.82) is 0 Å². The van der Waals surface area contributed by atoms with E-state index in [9.17, 15) is 14.4 Å². The van der Waals surface area contributed by atoms with E-state index in [0.29, 0.717) is 0 Å². The van der Waals surface area contributed by atoms with E-state index in [4.69, 9.17) is 5.11 Å². The van der Waals surface area contributed by atoms with E-state index in [2.05, 4.69) is 10.4 Å². The maximum absolute atomic E-state index is 11.5. The highest BCUT2D eigenvalue weighted by molar-refractivity contribution is 5.94. The molecule has 1 heterocycles. The lowest BCUT2D eigenvalue weighted by Crippen LogP contribution is -2.39. The lowest BCUT2D eigenvalue weighted by atomic mass is 10.3. The summed E-state index contributed by atoms with van der Waals surface area (Å²) in [5, 5.41) is 14.5. The molecular formula is C9H11N3O4. The van der Waals surface area contributed by atoms with Gasteiger partial charge >= 0.3 is 5.97 Å². The minimum absolute atomic E-state index is 0.00444. The minimum Gasteiger partial charge on any atom is -0.480 e. The summed E-state index contributed by atoms with van der Waals surface area (Å²) >= 11 is 0. The van der Waals surface area contributed by atoms with Gasteiger partial charge in [-0.1, -0.05) is 0 Å². The van der Waals surface area contributed by atoms with Crippen molar-refractivity contribution in [3.8, 4) is 0 Å². The zero-order chi connectivity index (χ0) is 12.3. The van der Waals surface area contributed by atoms with E-state index < -0.39 is 17.9 Å². The summed E-state index contributed by atoms with van der Waals surface area (Å²) in [5.74, 6) is -1.77. The molecule has 0 radical (unpaired) electrons. The van der Waals surface area contributed by atoms with Gasteiger partial charge in [-0.25, -0.2) is 4.68 Å². The van der Waals surface area contributed by atoms with E-state index >= 15 is 0 Å². The van der Waals surface area contributed by atoms with Crippen LogP contribution in [0.3, 0.4) is 0 Å². The van der Waals surface area contributed by atoms with Gasteiger partial charge in [0, 0.05) is 13.1 Å². The van der Waals surface area contributed by atoms with Crippen molar-refractivity contribution in [3.63, 3.8) is 0 Å². The Balaban J connectivity index is 2.85. The Hall–Kier alpha value is -2.18. The molecule has 0 unspecified atom stereocenters. The van der Waals surface area contributed by atoms with Gasteiger partial charge in [0.15, 0.2) is 0 Å². The average Bonchev–Trinajstić information content (AvgIpc) is 2.21. The normalized spacial score (nSPS) is 11.9. The standard InChI is InChI=1S/C9H11N3O4/c1-5(9(15)16)10-8(14)6-3-4-7(13)12(2)11-6/h3-5H,1-2H3,(H,10,14)(H,15,16)/t5-/m0/s1. The zero-order valence-electron chi connectivity index (χ0n) is 8.80. The van der Waals surface area contributed by atoms with Crippen molar-refractivity contribution < 1.29 is 14.7 Å². The van der Waals surface area contributed by atoms with E-state index in [1.54, 1.807) is 0 Å². The molecule has 86 valence electrons. The molecule has 0 aliphatic rings. The number of amides is 1. The summed E-state index contributed by atoms with van der Waals surface area (Å²) in [6.07, 6.45) is 0. The SMILES string of the molecule is C[C@H](NC(=O)c1ccc(=O)n(C)n1)C(=O)O. The van der Waals surface area contributed by atoms with Gasteiger partial charge in [-0.2, -0.15) is 5.10 Å². The van der Waals surface area contributed by atoms with Crippen LogP contribution in [0.1, 0.15) is 17.4 Å². The third-order valence-corrected chi connectivity index (χ3v) is 1.91. The highest BCUT2D eigenvalue weighted by Gasteiger charge is 2.16. The average molecular weight is 225 g/mol. The Labute approximate surface area is 90.7 Å². The number of hydrogen-bond acceptors (Lipinski definition) is 4. The molecule has 0 fully saturated rings. The molecule has 1 rings (SSSR count). The fourth-order valence-electron chi connectivity index (χ4n) is 0.956. The Bertz CT molecular complexity index is 480. The molecule has 1 atom stereocenters. The van der Waals surface area contributed by atoms with Crippen LogP contribution in [0.5, 0.6) is 0 Å². The second-order valence-corrected chi connectivity index (χ2v) is 3.21. The van der Waals surface area contributed by atoms with Crippen LogP contribution in [0.4, 0.5) is 0 Å². The third-order valence-electron chi connectivity index (χ3n) is 1.91. The number of carboxylic acid groups (broad SMARTS) is 1. The maximum Gasteiger partial charge on any atom is 0.325 e. The van der Waals surface area contributed by atoms with Gasteiger partial charge in [-0.05, 0) is 13.0 Å². The van der Waals surface area contributed by atoms with Crippen LogP contribution in [0.15, 0.2) is 16.9 Å². The Morgan fingerprint density at radius 1 is 1.50 bits per heavy atom. The maximum atomic E-state index is 11.5. The summed E-state index contributed by atoms with van der Waals surface area (Å²) in [5.41, 5.74) is -0.349. The molecular weight excluding hydrogens is 214 g/mol. The number of aryl methyl sites for hydroxylation is 1. The minimum atomic E-state index is -1.14. The Kier molecular flexibility index (Phi) is 3.39. The first-order chi connectivity index (χ1) is 7.41. The monoisotopic (exact) mass is 225 g/mol. The predicted molar refractivity (Wildman–Crippen MR) is 54.0 cm³/mol. The van der Waals surface area contributed by atoms with Crippen LogP contribution in [-0.4, -0.2) is 32.8 Å². The number of carbonyl (C=O) groups excluding carboxylic acids is 1. The molecule has 2 N–H and O–H groups in total. The molecule has 1 aromatic heterocycles.